The van der Waals surface area contributed by atoms with Gasteiger partial charge < -0.3 is 10.6 Å². The van der Waals surface area contributed by atoms with Crippen LogP contribution in [0.3, 0.4) is 0 Å². The predicted molar refractivity (Wildman–Crippen MR) is 89.9 cm³/mol. The highest BCUT2D eigenvalue weighted by atomic mass is 79.9. The lowest BCUT2D eigenvalue weighted by molar-refractivity contribution is -0.137. The van der Waals surface area contributed by atoms with Gasteiger partial charge in [0.15, 0.2) is 0 Å². The second-order valence-corrected chi connectivity index (χ2v) is 6.72. The average Bonchev–Trinajstić information content (AvgIpc) is 2.99. The van der Waals surface area contributed by atoms with Gasteiger partial charge in [-0.15, -0.1) is 0 Å². The van der Waals surface area contributed by atoms with Gasteiger partial charge in [0.25, 0.3) is 11.8 Å². The molecular weight excluding hydrogens is 393 g/mol. The van der Waals surface area contributed by atoms with Crippen LogP contribution in [0.2, 0.25) is 0 Å². The van der Waals surface area contributed by atoms with Crippen molar-refractivity contribution in [2.24, 2.45) is 0 Å². The summed E-state index contributed by atoms with van der Waals surface area (Å²) in [5.74, 6) is -1.89. The first-order valence-corrected chi connectivity index (χ1v) is 8.22. The van der Waals surface area contributed by atoms with Crippen molar-refractivity contribution in [3.8, 4) is 0 Å². The number of hydrogen-bond acceptors (Lipinski definition) is 3. The summed E-state index contributed by atoms with van der Waals surface area (Å²) < 4.78 is 14.6. The topological polar surface area (TPSA) is 78.5 Å². The number of para-hydroxylation sites is 1. The average molecular weight is 404 g/mol. The van der Waals surface area contributed by atoms with Crippen molar-refractivity contribution in [1.29, 1.82) is 0 Å². The van der Waals surface area contributed by atoms with Gasteiger partial charge in [-0.2, -0.15) is 0 Å². The molecule has 6 nitrogen and oxygen atoms in total. The number of hydrogen-bond donors (Lipinski definition) is 2. The molecule has 0 aliphatic carbocycles. The number of nitrogens with zero attached hydrogens (tertiary/aromatic N) is 1. The first kappa shape index (κ1) is 15.8. The molecule has 25 heavy (non-hydrogen) atoms. The largest absolute Gasteiger partial charge is 0.326 e. The Bertz CT molecular complexity index is 948. The van der Waals surface area contributed by atoms with Crippen LogP contribution in [0.15, 0.2) is 46.9 Å². The minimum Gasteiger partial charge on any atom is -0.323 e. The molecule has 1 atom stereocenters. The van der Waals surface area contributed by atoms with Crippen molar-refractivity contribution in [3.05, 3.63) is 63.9 Å². The van der Waals surface area contributed by atoms with Gasteiger partial charge in [0.05, 0.1) is 6.54 Å². The van der Waals surface area contributed by atoms with E-state index in [9.17, 15) is 18.8 Å². The Hall–Kier alpha value is -2.74. The molecule has 2 aliphatic heterocycles. The zero-order valence-electron chi connectivity index (χ0n) is 12.7. The van der Waals surface area contributed by atoms with E-state index < -0.39 is 29.2 Å². The van der Waals surface area contributed by atoms with Crippen LogP contribution in [0.5, 0.6) is 0 Å². The molecule has 2 N–H and O–H groups in total. The molecule has 4 rings (SSSR count). The van der Waals surface area contributed by atoms with Gasteiger partial charge in [0, 0.05) is 21.3 Å². The van der Waals surface area contributed by atoms with Crippen molar-refractivity contribution in [1.82, 2.24) is 10.2 Å². The maximum Gasteiger partial charge on any atom is 0.326 e. The zero-order chi connectivity index (χ0) is 17.8. The van der Waals surface area contributed by atoms with Crippen molar-refractivity contribution < 1.29 is 18.8 Å². The van der Waals surface area contributed by atoms with Gasteiger partial charge in [-0.25, -0.2) is 9.18 Å². The van der Waals surface area contributed by atoms with E-state index >= 15 is 0 Å². The van der Waals surface area contributed by atoms with E-state index in [0.717, 1.165) is 4.90 Å². The minimum atomic E-state index is -1.79. The summed E-state index contributed by atoms with van der Waals surface area (Å²) in [5.41, 5.74) is -0.759. The summed E-state index contributed by atoms with van der Waals surface area (Å²) in [7, 11) is 0. The van der Waals surface area contributed by atoms with Crippen LogP contribution >= 0.6 is 15.9 Å². The summed E-state index contributed by atoms with van der Waals surface area (Å²) in [5, 5.41) is 5.08. The number of anilines is 1. The summed E-state index contributed by atoms with van der Waals surface area (Å²) >= 11 is 3.15. The number of imide groups is 1. The highest BCUT2D eigenvalue weighted by molar-refractivity contribution is 9.10. The first-order chi connectivity index (χ1) is 11.9. The fourth-order valence-corrected chi connectivity index (χ4v) is 3.47. The molecule has 1 saturated heterocycles. The second-order valence-electron chi connectivity index (χ2n) is 5.81. The Morgan fingerprint density at radius 1 is 1.12 bits per heavy atom. The Morgan fingerprint density at radius 2 is 1.88 bits per heavy atom. The van der Waals surface area contributed by atoms with E-state index in [1.165, 1.54) is 12.1 Å². The van der Waals surface area contributed by atoms with Crippen LogP contribution in [-0.4, -0.2) is 22.7 Å². The lowest BCUT2D eigenvalue weighted by Gasteiger charge is -2.19. The monoisotopic (exact) mass is 403 g/mol. The molecule has 2 heterocycles. The highest BCUT2D eigenvalue weighted by Crippen LogP contribution is 2.40. The van der Waals surface area contributed by atoms with Crippen molar-refractivity contribution >= 4 is 39.5 Å². The van der Waals surface area contributed by atoms with Crippen LogP contribution in [0.1, 0.15) is 11.1 Å². The number of fused-ring (bicyclic) bond motifs is 2. The molecule has 1 fully saturated rings. The van der Waals surface area contributed by atoms with Crippen molar-refractivity contribution in [2.75, 3.05) is 5.32 Å². The second kappa shape index (κ2) is 5.38. The number of rotatable bonds is 2. The van der Waals surface area contributed by atoms with E-state index in [0.29, 0.717) is 15.7 Å². The molecule has 126 valence electrons. The third-order valence-electron chi connectivity index (χ3n) is 4.37. The Labute approximate surface area is 150 Å². The molecule has 4 amide bonds. The number of amides is 4. The van der Waals surface area contributed by atoms with Gasteiger partial charge in [-0.1, -0.05) is 40.2 Å². The summed E-state index contributed by atoms with van der Waals surface area (Å²) in [6.07, 6.45) is 0. The van der Waals surface area contributed by atoms with Gasteiger partial charge >= 0.3 is 6.03 Å². The lowest BCUT2D eigenvalue weighted by Crippen LogP contribution is -2.49. The first-order valence-electron chi connectivity index (χ1n) is 7.42. The number of urea groups is 1. The van der Waals surface area contributed by atoms with Gasteiger partial charge in [-0.3, -0.25) is 14.5 Å². The number of benzene rings is 2. The Morgan fingerprint density at radius 3 is 2.64 bits per heavy atom. The van der Waals surface area contributed by atoms with E-state index in [1.54, 1.807) is 30.3 Å². The number of halogens is 2. The molecule has 2 aromatic rings. The molecule has 0 aromatic heterocycles. The van der Waals surface area contributed by atoms with Crippen LogP contribution in [0.4, 0.5) is 14.9 Å². The minimum absolute atomic E-state index is 0.176. The molecule has 0 saturated carbocycles. The van der Waals surface area contributed by atoms with E-state index in [2.05, 4.69) is 26.6 Å². The third kappa shape index (κ3) is 2.17. The fraction of sp³-hybridized carbons (Fsp3) is 0.118. The third-order valence-corrected chi connectivity index (χ3v) is 4.86. The molecule has 1 spiro atoms. The molecule has 1 unspecified atom stereocenters. The SMILES string of the molecule is O=C1NC2(C(=O)Nc3ccccc32)C(=O)N1Cc1ccc(Br)cc1F. The highest BCUT2D eigenvalue weighted by Gasteiger charge is 2.61. The standard InChI is InChI=1S/C17H11BrFN3O3/c18-10-6-5-9(12(19)7-10)8-22-15(24)17(21-16(22)25)11-3-1-2-4-13(11)20-14(17)23/h1-7H,8H2,(H,20,23)(H,21,25). The van der Waals surface area contributed by atoms with Gasteiger partial charge in [0.2, 0.25) is 5.54 Å². The van der Waals surface area contributed by atoms with Crippen LogP contribution in [0.25, 0.3) is 0 Å². The molecule has 2 aromatic carbocycles. The van der Waals surface area contributed by atoms with Crippen molar-refractivity contribution in [3.63, 3.8) is 0 Å². The summed E-state index contributed by atoms with van der Waals surface area (Å²) in [4.78, 5) is 38.6. The van der Waals surface area contributed by atoms with Crippen molar-refractivity contribution in [2.45, 2.75) is 12.1 Å². The molecule has 2 aliphatic rings. The van der Waals surface area contributed by atoms with Gasteiger partial charge in [-0.05, 0) is 18.2 Å². The quantitative estimate of drug-likeness (QED) is 0.597. The molecule has 0 bridgehead atoms. The zero-order valence-corrected chi connectivity index (χ0v) is 14.3. The number of carbonyl (C=O) groups is 3. The maximum atomic E-state index is 14.1. The smallest absolute Gasteiger partial charge is 0.323 e. The van der Waals surface area contributed by atoms with E-state index in [1.807, 2.05) is 0 Å². The fourth-order valence-electron chi connectivity index (χ4n) is 3.13. The van der Waals surface area contributed by atoms with E-state index in [-0.39, 0.29) is 12.1 Å². The molecule has 8 heteroatoms. The molecule has 0 radical (unpaired) electrons. The number of carbonyl (C=O) groups excluding carboxylic acids is 3. The number of nitrogens with one attached hydrogen (secondary N) is 2. The van der Waals surface area contributed by atoms with Gasteiger partial charge in [0.1, 0.15) is 5.82 Å². The Balaban J connectivity index is 1.73. The van der Waals surface area contributed by atoms with E-state index in [4.69, 9.17) is 0 Å². The van der Waals surface area contributed by atoms with Crippen LogP contribution < -0.4 is 10.6 Å². The maximum absolute atomic E-state index is 14.1. The Kier molecular flexibility index (Phi) is 3.40. The summed E-state index contributed by atoms with van der Waals surface area (Å²) in [6, 6.07) is 10.3. The normalized spacial score (nSPS) is 21.5. The summed E-state index contributed by atoms with van der Waals surface area (Å²) in [6.45, 7) is -0.263. The lowest BCUT2D eigenvalue weighted by atomic mass is 9.91. The molecular formula is C17H11BrFN3O3. The predicted octanol–water partition coefficient (Wildman–Crippen LogP) is 2.49. The van der Waals surface area contributed by atoms with Crippen LogP contribution in [-0.2, 0) is 21.7 Å². The van der Waals surface area contributed by atoms with Crippen LogP contribution in [0, 0.1) is 5.82 Å².